The molecule has 4 rings (SSSR count). The summed E-state index contributed by atoms with van der Waals surface area (Å²) in [6, 6.07) is 7.74. The molecule has 0 radical (unpaired) electrons. The van der Waals surface area contributed by atoms with Crippen LogP contribution in [0, 0.1) is 5.82 Å². The van der Waals surface area contributed by atoms with Crippen molar-refractivity contribution in [1.29, 1.82) is 0 Å². The molecule has 6 nitrogen and oxygen atoms in total. The maximum Gasteiger partial charge on any atom is 0.321 e. The van der Waals surface area contributed by atoms with Crippen LogP contribution in [0.3, 0.4) is 0 Å². The molecular weight excluding hydrogens is 474 g/mol. The van der Waals surface area contributed by atoms with Crippen LogP contribution in [-0.4, -0.2) is 42.1 Å². The number of carbonyl (C=O) groups excluding carboxylic acids is 1. The van der Waals surface area contributed by atoms with E-state index in [1.165, 1.54) is 36.3 Å². The SMILES string of the molecule is CC(Oc1ccc2nc(NC(=O)NCCN3CCCC3)sc2c1)c1c(F)ccc(Cl)c1Cl. The number of hydrogen-bond acceptors (Lipinski definition) is 5. The lowest BCUT2D eigenvalue weighted by atomic mass is 10.1. The predicted molar refractivity (Wildman–Crippen MR) is 128 cm³/mol. The highest BCUT2D eigenvalue weighted by atomic mass is 35.5. The molecule has 1 atom stereocenters. The number of amides is 2. The number of hydrogen-bond donors (Lipinski definition) is 2. The molecule has 0 aliphatic carbocycles. The van der Waals surface area contributed by atoms with E-state index in [4.69, 9.17) is 27.9 Å². The number of thiazole rings is 1. The minimum absolute atomic E-state index is 0.139. The number of likely N-dealkylation sites (tertiary alicyclic amines) is 1. The summed E-state index contributed by atoms with van der Waals surface area (Å²) in [4.78, 5) is 18.9. The van der Waals surface area contributed by atoms with Crippen molar-refractivity contribution in [3.8, 4) is 5.75 Å². The molecule has 1 aromatic heterocycles. The van der Waals surface area contributed by atoms with E-state index >= 15 is 0 Å². The van der Waals surface area contributed by atoms with E-state index in [0.29, 0.717) is 17.4 Å². The van der Waals surface area contributed by atoms with Crippen molar-refractivity contribution in [2.24, 2.45) is 0 Å². The quantitative estimate of drug-likeness (QED) is 0.387. The molecule has 2 amide bonds. The first-order chi connectivity index (χ1) is 15.4. The largest absolute Gasteiger partial charge is 0.486 e. The number of rotatable bonds is 7. The lowest BCUT2D eigenvalue weighted by Crippen LogP contribution is -2.35. The molecule has 2 N–H and O–H groups in total. The van der Waals surface area contributed by atoms with Crippen LogP contribution in [0.5, 0.6) is 5.75 Å². The van der Waals surface area contributed by atoms with Crippen molar-refractivity contribution in [1.82, 2.24) is 15.2 Å². The summed E-state index contributed by atoms with van der Waals surface area (Å²) in [6.45, 7) is 5.34. The maximum absolute atomic E-state index is 14.3. The fraction of sp³-hybridized carbons (Fsp3) is 0.364. The standard InChI is InChI=1S/C22H23Cl2FN4O2S/c1-13(19-16(25)6-5-15(23)20(19)24)31-14-4-7-17-18(12-14)32-22(27-17)28-21(30)26-8-11-29-9-2-3-10-29/h4-7,12-13H,2-3,8-11H2,1H3,(H2,26,27,28,30). The number of halogens is 3. The molecule has 1 aliphatic rings. The van der Waals surface area contributed by atoms with Gasteiger partial charge in [-0.15, -0.1) is 0 Å². The second-order valence-corrected chi connectivity index (χ2v) is 9.41. The summed E-state index contributed by atoms with van der Waals surface area (Å²) in [5.41, 5.74) is 0.936. The number of benzene rings is 2. The zero-order valence-electron chi connectivity index (χ0n) is 17.5. The average molecular weight is 497 g/mol. The Morgan fingerprint density at radius 3 is 2.84 bits per heavy atom. The van der Waals surface area contributed by atoms with Crippen LogP contribution in [0.15, 0.2) is 30.3 Å². The van der Waals surface area contributed by atoms with E-state index in [0.717, 1.165) is 29.9 Å². The average Bonchev–Trinajstić information content (AvgIpc) is 3.40. The molecule has 2 aromatic carbocycles. The molecule has 1 unspecified atom stereocenters. The zero-order chi connectivity index (χ0) is 22.7. The Morgan fingerprint density at radius 2 is 2.06 bits per heavy atom. The molecule has 2 heterocycles. The van der Waals surface area contributed by atoms with E-state index in [2.05, 4.69) is 20.5 Å². The Balaban J connectivity index is 1.38. The summed E-state index contributed by atoms with van der Waals surface area (Å²) in [6.07, 6.45) is 1.80. The summed E-state index contributed by atoms with van der Waals surface area (Å²) in [5.74, 6) is 0.0544. The molecule has 1 aliphatic heterocycles. The van der Waals surface area contributed by atoms with Gasteiger partial charge in [0.1, 0.15) is 17.7 Å². The predicted octanol–water partition coefficient (Wildman–Crippen LogP) is 6.10. The number of anilines is 1. The van der Waals surface area contributed by atoms with E-state index in [9.17, 15) is 9.18 Å². The van der Waals surface area contributed by atoms with Crippen LogP contribution >= 0.6 is 34.5 Å². The number of aromatic nitrogens is 1. The molecular formula is C22H23Cl2FN4O2S. The Morgan fingerprint density at radius 1 is 1.28 bits per heavy atom. The second kappa shape index (κ2) is 10.2. The van der Waals surface area contributed by atoms with Crippen LogP contribution < -0.4 is 15.4 Å². The van der Waals surface area contributed by atoms with E-state index in [-0.39, 0.29) is 21.6 Å². The van der Waals surface area contributed by atoms with Crippen molar-refractivity contribution in [3.05, 3.63) is 51.8 Å². The summed E-state index contributed by atoms with van der Waals surface area (Å²) >= 11 is 13.5. The third-order valence-corrected chi connectivity index (χ3v) is 7.04. The Hall–Kier alpha value is -2.13. The molecule has 0 saturated carbocycles. The monoisotopic (exact) mass is 496 g/mol. The van der Waals surface area contributed by atoms with E-state index < -0.39 is 11.9 Å². The van der Waals surface area contributed by atoms with Gasteiger partial charge >= 0.3 is 6.03 Å². The molecule has 0 bridgehead atoms. The number of carbonyl (C=O) groups is 1. The first kappa shape index (κ1) is 23.0. The van der Waals surface area contributed by atoms with Gasteiger partial charge in [-0.2, -0.15) is 0 Å². The first-order valence-electron chi connectivity index (χ1n) is 10.4. The van der Waals surface area contributed by atoms with Crippen LogP contribution in [0.25, 0.3) is 10.2 Å². The molecule has 1 saturated heterocycles. The van der Waals surface area contributed by atoms with Gasteiger partial charge in [-0.05, 0) is 63.2 Å². The Kier molecular flexibility index (Phi) is 7.35. The molecule has 0 spiro atoms. The lowest BCUT2D eigenvalue weighted by molar-refractivity contribution is 0.222. The molecule has 10 heteroatoms. The lowest BCUT2D eigenvalue weighted by Gasteiger charge is -2.17. The fourth-order valence-electron chi connectivity index (χ4n) is 3.69. The van der Waals surface area contributed by atoms with Crippen molar-refractivity contribution >= 4 is 55.9 Å². The van der Waals surface area contributed by atoms with Gasteiger partial charge < -0.3 is 15.0 Å². The first-order valence-corrected chi connectivity index (χ1v) is 12.0. The summed E-state index contributed by atoms with van der Waals surface area (Å²) in [5, 5.41) is 6.55. The number of urea groups is 1. The normalized spacial score (nSPS) is 15.1. The van der Waals surface area contributed by atoms with Gasteiger partial charge in [0.15, 0.2) is 5.13 Å². The molecule has 32 heavy (non-hydrogen) atoms. The number of ether oxygens (including phenoxy) is 1. The third-order valence-electron chi connectivity index (χ3n) is 5.29. The van der Waals surface area contributed by atoms with Crippen molar-refractivity contribution in [2.75, 3.05) is 31.5 Å². The fourth-order valence-corrected chi connectivity index (χ4v) is 5.05. The van der Waals surface area contributed by atoms with Crippen LogP contribution in [0.2, 0.25) is 10.0 Å². The molecule has 170 valence electrons. The van der Waals surface area contributed by atoms with Crippen LogP contribution in [0.1, 0.15) is 31.4 Å². The molecule has 3 aromatic rings. The number of fused-ring (bicyclic) bond motifs is 1. The minimum atomic E-state index is -0.648. The summed E-state index contributed by atoms with van der Waals surface area (Å²) in [7, 11) is 0. The van der Waals surface area contributed by atoms with Gasteiger partial charge in [-0.3, -0.25) is 5.32 Å². The summed E-state index contributed by atoms with van der Waals surface area (Å²) < 4.78 is 21.0. The van der Waals surface area contributed by atoms with Crippen LogP contribution in [0.4, 0.5) is 14.3 Å². The van der Waals surface area contributed by atoms with Crippen LogP contribution in [-0.2, 0) is 0 Å². The highest BCUT2D eigenvalue weighted by Crippen LogP contribution is 2.36. The zero-order valence-corrected chi connectivity index (χ0v) is 19.8. The third kappa shape index (κ3) is 5.43. The Labute approximate surface area is 199 Å². The van der Waals surface area contributed by atoms with Crippen molar-refractivity contribution in [3.63, 3.8) is 0 Å². The highest BCUT2D eigenvalue weighted by Gasteiger charge is 2.19. The van der Waals surface area contributed by atoms with Gasteiger partial charge in [0, 0.05) is 18.7 Å². The van der Waals surface area contributed by atoms with E-state index in [1.54, 1.807) is 25.1 Å². The Bertz CT molecular complexity index is 1120. The van der Waals surface area contributed by atoms with Gasteiger partial charge in [0.05, 0.1) is 20.3 Å². The van der Waals surface area contributed by atoms with Gasteiger partial charge in [0.25, 0.3) is 0 Å². The highest BCUT2D eigenvalue weighted by molar-refractivity contribution is 7.22. The van der Waals surface area contributed by atoms with Gasteiger partial charge in [0.2, 0.25) is 0 Å². The molecule has 1 fully saturated rings. The van der Waals surface area contributed by atoms with Crippen molar-refractivity contribution < 1.29 is 13.9 Å². The van der Waals surface area contributed by atoms with Gasteiger partial charge in [-0.1, -0.05) is 34.5 Å². The maximum atomic E-state index is 14.3. The second-order valence-electron chi connectivity index (χ2n) is 7.60. The van der Waals surface area contributed by atoms with E-state index in [1.807, 2.05) is 0 Å². The smallest absolute Gasteiger partial charge is 0.321 e. The number of nitrogens with zero attached hydrogens (tertiary/aromatic N) is 2. The number of nitrogens with one attached hydrogen (secondary N) is 2. The minimum Gasteiger partial charge on any atom is -0.486 e. The topological polar surface area (TPSA) is 66.5 Å². The van der Waals surface area contributed by atoms with Gasteiger partial charge in [-0.25, -0.2) is 14.2 Å². The van der Waals surface area contributed by atoms with Crippen molar-refractivity contribution in [2.45, 2.75) is 25.9 Å².